The first kappa shape index (κ1) is 26.2. The van der Waals surface area contributed by atoms with Crippen LogP contribution in [-0.2, 0) is 36.3 Å². The Morgan fingerprint density at radius 2 is 1.87 bits per heavy atom. The number of nitrogens with zero attached hydrogens (tertiary/aromatic N) is 2. The lowest BCUT2D eigenvalue weighted by molar-refractivity contribution is -0.0613. The van der Waals surface area contributed by atoms with Gasteiger partial charge in [-0.05, 0) is 6.07 Å². The average molecular weight is 510 g/mol. The monoisotopic (exact) mass is 510 g/mol. The van der Waals surface area contributed by atoms with Gasteiger partial charge in [0.2, 0.25) is 0 Å². The maximum atomic E-state index is 12.1. The van der Waals surface area contributed by atoms with Gasteiger partial charge >= 0.3 is 29.2 Å². The molecule has 8 N–H and O–H groups in total. The van der Waals surface area contributed by atoms with Crippen molar-refractivity contribution in [2.75, 3.05) is 25.5 Å². The second kappa shape index (κ2) is 10.3. The number of phosphoric ester groups is 1. The largest absolute Gasteiger partial charge is 0.490 e. The summed E-state index contributed by atoms with van der Waals surface area (Å²) in [7, 11) is -16.7. The maximum Gasteiger partial charge on any atom is 0.490 e. The molecule has 0 amide bonds. The van der Waals surface area contributed by atoms with Gasteiger partial charge in [-0.3, -0.25) is 9.09 Å². The molecule has 1 aliphatic rings. The van der Waals surface area contributed by atoms with E-state index in [0.717, 1.165) is 4.57 Å². The van der Waals surface area contributed by atoms with E-state index in [9.17, 15) is 28.3 Å². The SMILES string of the molecule is NCCOC[C@H]1O[C@@H](n2ccc(N)nc2=O)C[C@@H]1OP(=O)(O)OP(=O)(O)OP(=O)(O)O. The molecule has 1 fully saturated rings. The van der Waals surface area contributed by atoms with Crippen molar-refractivity contribution in [3.05, 3.63) is 22.7 Å². The van der Waals surface area contributed by atoms with Gasteiger partial charge in [0, 0.05) is 19.2 Å². The molecular weight excluding hydrogens is 489 g/mol. The highest BCUT2D eigenvalue weighted by Gasteiger charge is 2.46. The number of anilines is 1. The van der Waals surface area contributed by atoms with Gasteiger partial charge in [0.05, 0.1) is 13.2 Å². The zero-order valence-electron chi connectivity index (χ0n) is 15.6. The smallest absolute Gasteiger partial charge is 0.383 e. The molecule has 1 aliphatic heterocycles. The summed E-state index contributed by atoms with van der Waals surface area (Å²) in [4.78, 5) is 51.7. The Balaban J connectivity index is 2.18. The van der Waals surface area contributed by atoms with E-state index in [1.807, 2.05) is 0 Å². The van der Waals surface area contributed by atoms with E-state index in [1.165, 1.54) is 12.3 Å². The summed E-state index contributed by atoms with van der Waals surface area (Å²) in [5, 5.41) is 0. The van der Waals surface area contributed by atoms with Crippen LogP contribution in [0.25, 0.3) is 0 Å². The summed E-state index contributed by atoms with van der Waals surface area (Å²) < 4.78 is 58.4. The van der Waals surface area contributed by atoms with Crippen LogP contribution in [-0.4, -0.2) is 61.1 Å². The second-order valence-electron chi connectivity index (χ2n) is 6.01. The minimum absolute atomic E-state index is 0.0492. The van der Waals surface area contributed by atoms with Crippen LogP contribution in [0, 0.1) is 0 Å². The van der Waals surface area contributed by atoms with E-state index in [4.69, 9.17) is 35.3 Å². The van der Waals surface area contributed by atoms with Crippen LogP contribution in [0.4, 0.5) is 5.82 Å². The Morgan fingerprint density at radius 3 is 2.45 bits per heavy atom. The molecule has 1 saturated heterocycles. The minimum Gasteiger partial charge on any atom is -0.383 e. The number of phosphoric acid groups is 3. The van der Waals surface area contributed by atoms with Crippen molar-refractivity contribution in [2.24, 2.45) is 5.73 Å². The summed E-state index contributed by atoms with van der Waals surface area (Å²) in [5.41, 5.74) is 9.95. The lowest BCUT2D eigenvalue weighted by Crippen LogP contribution is -2.30. The quantitative estimate of drug-likeness (QED) is 0.151. The number of nitrogens with two attached hydrogens (primary N) is 2. The molecule has 1 aromatic rings. The van der Waals surface area contributed by atoms with E-state index in [2.05, 4.69) is 13.6 Å². The molecule has 0 bridgehead atoms. The lowest BCUT2D eigenvalue weighted by atomic mass is 10.2. The first-order valence-corrected chi connectivity index (χ1v) is 12.8. The molecule has 178 valence electrons. The molecule has 0 aliphatic carbocycles. The molecule has 20 heteroatoms. The first-order chi connectivity index (χ1) is 14.2. The van der Waals surface area contributed by atoms with Gasteiger partial charge in [-0.2, -0.15) is 13.6 Å². The normalized spacial score (nSPS) is 25.8. The van der Waals surface area contributed by atoms with Gasteiger partial charge in [-0.1, -0.05) is 0 Å². The van der Waals surface area contributed by atoms with E-state index in [0.29, 0.717) is 0 Å². The van der Waals surface area contributed by atoms with E-state index in [1.54, 1.807) is 0 Å². The van der Waals surface area contributed by atoms with E-state index in [-0.39, 0.29) is 32.0 Å². The van der Waals surface area contributed by atoms with Crippen LogP contribution in [0.15, 0.2) is 17.1 Å². The van der Waals surface area contributed by atoms with Crippen molar-refractivity contribution in [3.63, 3.8) is 0 Å². The molecule has 2 heterocycles. The topological polar surface area (TPSA) is 265 Å². The number of hydrogen-bond acceptors (Lipinski definition) is 12. The van der Waals surface area contributed by atoms with Crippen molar-refractivity contribution in [1.29, 1.82) is 0 Å². The highest BCUT2D eigenvalue weighted by Crippen LogP contribution is 2.67. The standard InChI is InChI=1S/C11H21N4O13P3/c12-2-4-24-6-8-7(5-10(25-8)15-3-1-9(13)14-11(15)16)26-30(20,21)28-31(22,23)27-29(17,18)19/h1,3,7-8,10H,2,4-6,12H2,(H,20,21)(H,22,23)(H2,13,14,16)(H2,17,18,19)/t7-,8+,10+/m0/s1. The second-order valence-corrected chi connectivity index (χ2v) is 10.4. The Kier molecular flexibility index (Phi) is 8.69. The van der Waals surface area contributed by atoms with Crippen LogP contribution in [0.3, 0.4) is 0 Å². The molecule has 17 nitrogen and oxygen atoms in total. The number of ether oxygens (including phenoxy) is 2. The number of aromatic nitrogens is 2. The van der Waals surface area contributed by atoms with Gasteiger partial charge in [0.1, 0.15) is 24.3 Å². The van der Waals surface area contributed by atoms with Gasteiger partial charge in [0.15, 0.2) is 0 Å². The van der Waals surface area contributed by atoms with Crippen molar-refractivity contribution < 1.29 is 55.9 Å². The molecule has 0 saturated carbocycles. The number of rotatable bonds is 11. The van der Waals surface area contributed by atoms with Crippen molar-refractivity contribution in [3.8, 4) is 0 Å². The van der Waals surface area contributed by atoms with Gasteiger partial charge in [-0.25, -0.2) is 18.5 Å². The Labute approximate surface area is 174 Å². The van der Waals surface area contributed by atoms with Crippen LogP contribution in [0.1, 0.15) is 12.6 Å². The van der Waals surface area contributed by atoms with Crippen LogP contribution >= 0.6 is 23.5 Å². The molecule has 0 radical (unpaired) electrons. The highest BCUT2D eigenvalue weighted by atomic mass is 31.3. The zero-order chi connectivity index (χ0) is 23.4. The molecule has 0 aromatic carbocycles. The lowest BCUT2D eigenvalue weighted by Gasteiger charge is -2.22. The van der Waals surface area contributed by atoms with Crippen molar-refractivity contribution >= 4 is 29.3 Å². The van der Waals surface area contributed by atoms with Crippen LogP contribution in [0.2, 0.25) is 0 Å². The molecular formula is C11H21N4O13P3. The Hall–Kier alpha value is -1.03. The predicted molar refractivity (Wildman–Crippen MR) is 100 cm³/mol. The van der Waals surface area contributed by atoms with Crippen LogP contribution in [0.5, 0.6) is 0 Å². The maximum absolute atomic E-state index is 12.1. The molecule has 31 heavy (non-hydrogen) atoms. The fourth-order valence-corrected chi connectivity index (χ4v) is 5.75. The van der Waals surface area contributed by atoms with Crippen LogP contribution < -0.4 is 17.2 Å². The van der Waals surface area contributed by atoms with E-state index < -0.39 is 47.6 Å². The molecule has 5 atom stereocenters. The predicted octanol–water partition coefficient (Wildman–Crippen LogP) is -1.20. The summed E-state index contributed by atoms with van der Waals surface area (Å²) in [5.74, 6) is -0.0492. The Morgan fingerprint density at radius 1 is 1.19 bits per heavy atom. The fourth-order valence-electron chi connectivity index (χ4n) is 2.53. The number of hydrogen-bond donors (Lipinski definition) is 6. The first-order valence-electron chi connectivity index (χ1n) is 8.31. The summed E-state index contributed by atoms with van der Waals surface area (Å²) in [6.45, 7) is 0.0270. The Bertz CT molecular complexity index is 966. The van der Waals surface area contributed by atoms with Crippen molar-refractivity contribution in [2.45, 2.75) is 24.9 Å². The molecule has 0 spiro atoms. The third kappa shape index (κ3) is 8.44. The fraction of sp³-hybridized carbons (Fsp3) is 0.636. The minimum atomic E-state index is -5.69. The molecule has 2 rings (SSSR count). The van der Waals surface area contributed by atoms with Gasteiger partial charge in [0.25, 0.3) is 0 Å². The van der Waals surface area contributed by atoms with Gasteiger partial charge < -0.3 is 40.5 Å². The third-order valence-corrected chi connectivity index (χ3v) is 7.44. The molecule has 1 aromatic heterocycles. The molecule has 2 unspecified atom stereocenters. The van der Waals surface area contributed by atoms with E-state index >= 15 is 0 Å². The zero-order valence-corrected chi connectivity index (χ0v) is 18.3. The summed E-state index contributed by atoms with van der Waals surface area (Å²) in [6, 6.07) is 1.31. The third-order valence-electron chi connectivity index (χ3n) is 3.57. The summed E-state index contributed by atoms with van der Waals surface area (Å²) in [6.07, 6.45) is -2.45. The highest BCUT2D eigenvalue weighted by molar-refractivity contribution is 7.66. The van der Waals surface area contributed by atoms with Gasteiger partial charge in [-0.15, -0.1) is 0 Å². The van der Waals surface area contributed by atoms with Crippen molar-refractivity contribution in [1.82, 2.24) is 9.55 Å². The number of nitrogen functional groups attached to an aromatic ring is 1. The average Bonchev–Trinajstić information content (AvgIpc) is 2.93. The summed E-state index contributed by atoms with van der Waals surface area (Å²) >= 11 is 0.